The topological polar surface area (TPSA) is 36.9 Å². The van der Waals surface area contributed by atoms with Crippen LogP contribution in [0.4, 0.5) is 0 Å². The predicted molar refractivity (Wildman–Crippen MR) is 68.3 cm³/mol. The molecule has 1 aromatic rings. The molecule has 0 aliphatic carbocycles. The normalized spacial score (nSPS) is 18.8. The molecular formula is C14H20O4. The van der Waals surface area contributed by atoms with Crippen LogP contribution >= 0.6 is 0 Å². The van der Waals surface area contributed by atoms with Gasteiger partial charge in [-0.3, -0.25) is 0 Å². The van der Waals surface area contributed by atoms with Crippen molar-refractivity contribution in [3.8, 4) is 11.5 Å². The predicted octanol–water partition coefficient (Wildman–Crippen LogP) is 2.27. The van der Waals surface area contributed by atoms with Crippen LogP contribution in [-0.2, 0) is 9.47 Å². The highest BCUT2D eigenvalue weighted by Gasteiger charge is 2.15. The molecule has 4 heteroatoms. The molecule has 1 saturated heterocycles. The molecular weight excluding hydrogens is 232 g/mol. The first-order valence-electron chi connectivity index (χ1n) is 6.34. The first kappa shape index (κ1) is 13.2. The van der Waals surface area contributed by atoms with Gasteiger partial charge in [-0.15, -0.1) is 0 Å². The highest BCUT2D eigenvalue weighted by atomic mass is 16.5. The summed E-state index contributed by atoms with van der Waals surface area (Å²) in [6.45, 7) is 2.60. The third kappa shape index (κ3) is 4.20. The quantitative estimate of drug-likeness (QED) is 0.698. The van der Waals surface area contributed by atoms with E-state index in [1.165, 1.54) is 0 Å². The van der Waals surface area contributed by atoms with E-state index in [2.05, 4.69) is 0 Å². The van der Waals surface area contributed by atoms with Gasteiger partial charge in [-0.05, 0) is 25.0 Å². The summed E-state index contributed by atoms with van der Waals surface area (Å²) in [5, 5.41) is 0. The Morgan fingerprint density at radius 2 is 2.06 bits per heavy atom. The Hall–Kier alpha value is -1.26. The minimum Gasteiger partial charge on any atom is -0.491 e. The Bertz CT molecular complexity index is 347. The Kier molecular flexibility index (Phi) is 5.30. The van der Waals surface area contributed by atoms with Crippen molar-refractivity contribution in [1.29, 1.82) is 0 Å². The second-order valence-electron chi connectivity index (χ2n) is 4.26. The fourth-order valence-corrected chi connectivity index (χ4v) is 1.86. The minimum absolute atomic E-state index is 0.239. The lowest BCUT2D eigenvalue weighted by atomic mass is 10.2. The van der Waals surface area contributed by atoms with Gasteiger partial charge in [0.25, 0.3) is 0 Å². The summed E-state index contributed by atoms with van der Waals surface area (Å²) < 4.78 is 21.7. The van der Waals surface area contributed by atoms with Crippen molar-refractivity contribution in [2.24, 2.45) is 0 Å². The van der Waals surface area contributed by atoms with E-state index in [4.69, 9.17) is 18.9 Å². The SMILES string of the molecule is COCCOc1cccc(OCC2CCCO2)c1. The lowest BCUT2D eigenvalue weighted by Gasteiger charge is -2.12. The van der Waals surface area contributed by atoms with Crippen LogP contribution in [0.15, 0.2) is 24.3 Å². The maximum Gasteiger partial charge on any atom is 0.123 e. The van der Waals surface area contributed by atoms with Crippen LogP contribution in [-0.4, -0.2) is 39.6 Å². The van der Waals surface area contributed by atoms with Gasteiger partial charge in [-0.1, -0.05) is 6.07 Å². The van der Waals surface area contributed by atoms with Crippen molar-refractivity contribution in [3.05, 3.63) is 24.3 Å². The molecule has 0 spiro atoms. The maximum atomic E-state index is 5.70. The van der Waals surface area contributed by atoms with E-state index in [1.807, 2.05) is 24.3 Å². The average Bonchev–Trinajstić information content (AvgIpc) is 2.90. The maximum absolute atomic E-state index is 5.70. The molecule has 18 heavy (non-hydrogen) atoms. The van der Waals surface area contributed by atoms with Crippen LogP contribution in [0.25, 0.3) is 0 Å². The third-order valence-electron chi connectivity index (χ3n) is 2.82. The molecule has 2 rings (SSSR count). The number of ether oxygens (including phenoxy) is 4. The number of rotatable bonds is 7. The average molecular weight is 252 g/mol. The Balaban J connectivity index is 1.78. The van der Waals surface area contributed by atoms with Gasteiger partial charge in [0, 0.05) is 19.8 Å². The minimum atomic E-state index is 0.239. The first-order valence-corrected chi connectivity index (χ1v) is 6.34. The molecule has 1 heterocycles. The molecule has 0 radical (unpaired) electrons. The smallest absolute Gasteiger partial charge is 0.123 e. The number of hydrogen-bond donors (Lipinski definition) is 0. The summed E-state index contributed by atoms with van der Waals surface area (Å²) >= 11 is 0. The van der Waals surface area contributed by atoms with Gasteiger partial charge in [0.15, 0.2) is 0 Å². The largest absolute Gasteiger partial charge is 0.491 e. The molecule has 100 valence electrons. The van der Waals surface area contributed by atoms with Gasteiger partial charge < -0.3 is 18.9 Å². The molecule has 1 aromatic carbocycles. The van der Waals surface area contributed by atoms with Crippen LogP contribution in [0.5, 0.6) is 11.5 Å². The second-order valence-corrected chi connectivity index (χ2v) is 4.26. The van der Waals surface area contributed by atoms with Crippen molar-refractivity contribution in [3.63, 3.8) is 0 Å². The van der Waals surface area contributed by atoms with Crippen molar-refractivity contribution < 1.29 is 18.9 Å². The molecule has 0 bridgehead atoms. The van der Waals surface area contributed by atoms with Crippen molar-refractivity contribution >= 4 is 0 Å². The molecule has 0 N–H and O–H groups in total. The summed E-state index contributed by atoms with van der Waals surface area (Å²) in [6.07, 6.45) is 2.46. The van der Waals surface area contributed by atoms with Crippen LogP contribution in [0, 0.1) is 0 Å². The molecule has 1 aliphatic heterocycles. The first-order chi connectivity index (χ1) is 8.88. The lowest BCUT2D eigenvalue weighted by Crippen LogP contribution is -2.16. The number of hydrogen-bond acceptors (Lipinski definition) is 4. The van der Waals surface area contributed by atoms with Gasteiger partial charge in [0.2, 0.25) is 0 Å². The van der Waals surface area contributed by atoms with Crippen LogP contribution in [0.1, 0.15) is 12.8 Å². The van der Waals surface area contributed by atoms with E-state index >= 15 is 0 Å². The highest BCUT2D eigenvalue weighted by Crippen LogP contribution is 2.21. The molecule has 0 amide bonds. The van der Waals surface area contributed by atoms with E-state index in [0.717, 1.165) is 30.9 Å². The molecule has 1 aliphatic rings. The monoisotopic (exact) mass is 252 g/mol. The molecule has 1 fully saturated rings. The summed E-state index contributed by atoms with van der Waals surface area (Å²) in [7, 11) is 1.66. The van der Waals surface area contributed by atoms with Gasteiger partial charge in [0.1, 0.15) is 24.7 Å². The van der Waals surface area contributed by atoms with Gasteiger partial charge in [-0.25, -0.2) is 0 Å². The van der Waals surface area contributed by atoms with Crippen molar-refractivity contribution in [2.75, 3.05) is 33.5 Å². The van der Waals surface area contributed by atoms with E-state index in [-0.39, 0.29) is 6.10 Å². The van der Waals surface area contributed by atoms with E-state index in [9.17, 15) is 0 Å². The number of methoxy groups -OCH3 is 1. The van der Waals surface area contributed by atoms with Crippen molar-refractivity contribution in [2.45, 2.75) is 18.9 Å². The second kappa shape index (κ2) is 7.24. The van der Waals surface area contributed by atoms with Gasteiger partial charge >= 0.3 is 0 Å². The summed E-state index contributed by atoms with van der Waals surface area (Å²) in [6, 6.07) is 7.66. The van der Waals surface area contributed by atoms with Crippen LogP contribution < -0.4 is 9.47 Å². The summed E-state index contributed by atoms with van der Waals surface area (Å²) in [4.78, 5) is 0. The number of benzene rings is 1. The molecule has 1 unspecified atom stereocenters. The molecule has 1 atom stereocenters. The van der Waals surface area contributed by atoms with E-state index < -0.39 is 0 Å². The Morgan fingerprint density at radius 3 is 2.78 bits per heavy atom. The zero-order valence-electron chi connectivity index (χ0n) is 10.8. The fraction of sp³-hybridized carbons (Fsp3) is 0.571. The van der Waals surface area contributed by atoms with Gasteiger partial charge in [0.05, 0.1) is 12.7 Å². The standard InChI is InChI=1S/C14H20O4/c1-15-8-9-17-12-4-2-5-13(10-12)18-11-14-6-3-7-16-14/h2,4-5,10,14H,3,6-9,11H2,1H3. The van der Waals surface area contributed by atoms with Crippen LogP contribution in [0.3, 0.4) is 0 Å². The molecule has 0 aromatic heterocycles. The lowest BCUT2D eigenvalue weighted by molar-refractivity contribution is 0.0678. The summed E-state index contributed by atoms with van der Waals surface area (Å²) in [5.74, 6) is 1.62. The Labute approximate surface area is 108 Å². The highest BCUT2D eigenvalue weighted by molar-refractivity contribution is 5.32. The van der Waals surface area contributed by atoms with E-state index in [1.54, 1.807) is 7.11 Å². The summed E-state index contributed by atoms with van der Waals surface area (Å²) in [5.41, 5.74) is 0. The zero-order valence-corrected chi connectivity index (χ0v) is 10.8. The molecule has 0 saturated carbocycles. The Morgan fingerprint density at radius 1 is 1.22 bits per heavy atom. The third-order valence-corrected chi connectivity index (χ3v) is 2.82. The van der Waals surface area contributed by atoms with Crippen molar-refractivity contribution in [1.82, 2.24) is 0 Å². The van der Waals surface area contributed by atoms with Crippen LogP contribution in [0.2, 0.25) is 0 Å². The zero-order chi connectivity index (χ0) is 12.6. The van der Waals surface area contributed by atoms with Gasteiger partial charge in [-0.2, -0.15) is 0 Å². The van der Waals surface area contributed by atoms with E-state index in [0.29, 0.717) is 19.8 Å². The fourth-order valence-electron chi connectivity index (χ4n) is 1.86. The molecule has 4 nitrogen and oxygen atoms in total.